The second-order valence-corrected chi connectivity index (χ2v) is 7.17. The largest absolute Gasteiger partial charge is 0.468 e. The third-order valence-corrected chi connectivity index (χ3v) is 5.25. The van der Waals surface area contributed by atoms with E-state index in [9.17, 15) is 4.79 Å². The number of nitrogens with zero attached hydrogens (tertiary/aromatic N) is 2. The molecule has 1 fully saturated rings. The van der Waals surface area contributed by atoms with Crippen molar-refractivity contribution in [1.82, 2.24) is 15.2 Å². The average Bonchev–Trinajstić information content (AvgIpc) is 3.22. The van der Waals surface area contributed by atoms with Crippen molar-refractivity contribution in [2.24, 2.45) is 0 Å². The normalized spacial score (nSPS) is 16.3. The van der Waals surface area contributed by atoms with Crippen molar-refractivity contribution in [2.45, 2.75) is 32.2 Å². The van der Waals surface area contributed by atoms with Gasteiger partial charge in [-0.15, -0.1) is 0 Å². The van der Waals surface area contributed by atoms with Crippen LogP contribution in [0.3, 0.4) is 0 Å². The number of likely N-dealkylation sites (tertiary alicyclic amines) is 1. The number of benzene rings is 1. The second-order valence-electron chi connectivity index (χ2n) is 7.17. The molecule has 140 valence electrons. The fourth-order valence-corrected chi connectivity index (χ4v) is 3.90. The summed E-state index contributed by atoms with van der Waals surface area (Å²) in [4.78, 5) is 19.9. The van der Waals surface area contributed by atoms with Crippen molar-refractivity contribution in [1.29, 1.82) is 0 Å². The lowest BCUT2D eigenvalue weighted by Crippen LogP contribution is -2.40. The number of piperidine rings is 1. The molecule has 0 unspecified atom stereocenters. The molecule has 0 spiro atoms. The summed E-state index contributed by atoms with van der Waals surface area (Å²) in [5.41, 5.74) is 2.37. The number of carbonyl (C=O) groups excluding carboxylic acids is 1. The molecule has 5 nitrogen and oxygen atoms in total. The molecule has 1 aromatic carbocycles. The van der Waals surface area contributed by atoms with Crippen molar-refractivity contribution < 1.29 is 9.21 Å². The van der Waals surface area contributed by atoms with E-state index in [1.165, 1.54) is 19.3 Å². The molecule has 3 aromatic rings. The minimum absolute atomic E-state index is 0.0646. The first-order valence-electron chi connectivity index (χ1n) is 9.64. The first-order valence-corrected chi connectivity index (χ1v) is 9.64. The van der Waals surface area contributed by atoms with Crippen LogP contribution in [0, 0.1) is 6.92 Å². The zero-order chi connectivity index (χ0) is 18.6. The van der Waals surface area contributed by atoms with Crippen LogP contribution in [0.25, 0.3) is 10.9 Å². The van der Waals surface area contributed by atoms with E-state index in [1.54, 1.807) is 6.26 Å². The third kappa shape index (κ3) is 3.88. The molecule has 27 heavy (non-hydrogen) atoms. The van der Waals surface area contributed by atoms with Gasteiger partial charge in [0, 0.05) is 17.6 Å². The van der Waals surface area contributed by atoms with Crippen LogP contribution < -0.4 is 5.32 Å². The van der Waals surface area contributed by atoms with Gasteiger partial charge in [0.1, 0.15) is 5.76 Å². The van der Waals surface area contributed by atoms with Gasteiger partial charge in [-0.3, -0.25) is 14.7 Å². The fraction of sp³-hybridized carbons (Fsp3) is 0.364. The maximum absolute atomic E-state index is 13.0. The number of amides is 1. The highest BCUT2D eigenvalue weighted by molar-refractivity contribution is 6.06. The molecule has 1 amide bonds. The topological polar surface area (TPSA) is 58.4 Å². The van der Waals surface area contributed by atoms with Crippen molar-refractivity contribution in [2.75, 3.05) is 19.6 Å². The van der Waals surface area contributed by atoms with E-state index in [0.29, 0.717) is 12.1 Å². The van der Waals surface area contributed by atoms with Gasteiger partial charge in [-0.1, -0.05) is 24.6 Å². The highest BCUT2D eigenvalue weighted by atomic mass is 16.3. The van der Waals surface area contributed by atoms with Crippen molar-refractivity contribution in [3.8, 4) is 0 Å². The van der Waals surface area contributed by atoms with Gasteiger partial charge in [0.25, 0.3) is 5.91 Å². The van der Waals surface area contributed by atoms with Crippen LogP contribution in [0.5, 0.6) is 0 Å². The van der Waals surface area contributed by atoms with Crippen LogP contribution in [-0.2, 0) is 0 Å². The maximum Gasteiger partial charge on any atom is 0.252 e. The molecule has 1 atom stereocenters. The Labute approximate surface area is 159 Å². The highest BCUT2D eigenvalue weighted by Crippen LogP contribution is 2.25. The number of hydrogen-bond acceptors (Lipinski definition) is 4. The number of aromatic nitrogens is 1. The Morgan fingerprint density at radius 1 is 1.19 bits per heavy atom. The first-order chi connectivity index (χ1) is 13.2. The van der Waals surface area contributed by atoms with E-state index in [4.69, 9.17) is 4.42 Å². The Kier molecular flexibility index (Phi) is 5.21. The van der Waals surface area contributed by atoms with Gasteiger partial charge < -0.3 is 9.73 Å². The molecule has 1 saturated heterocycles. The Balaban J connectivity index is 1.55. The van der Waals surface area contributed by atoms with E-state index >= 15 is 0 Å². The smallest absolute Gasteiger partial charge is 0.252 e. The molecule has 1 aliphatic heterocycles. The number of nitrogens with one attached hydrogen (secondary N) is 1. The molecule has 1 aliphatic rings. The summed E-state index contributed by atoms with van der Waals surface area (Å²) in [6.07, 6.45) is 5.36. The van der Waals surface area contributed by atoms with Crippen molar-refractivity contribution in [3.63, 3.8) is 0 Å². The Morgan fingerprint density at radius 2 is 2.00 bits per heavy atom. The molecule has 5 heteroatoms. The minimum atomic E-state index is -0.0646. The van der Waals surface area contributed by atoms with Gasteiger partial charge in [-0.05, 0) is 57.1 Å². The SMILES string of the molecule is Cc1cc(C(=O)NC[C@@H](c2ccco2)N2CCCCC2)c2ccccc2n1. The number of pyridine rings is 1. The molecule has 0 aliphatic carbocycles. The lowest BCUT2D eigenvalue weighted by atomic mass is 10.1. The fourth-order valence-electron chi connectivity index (χ4n) is 3.90. The number of aryl methyl sites for hydroxylation is 1. The molecule has 4 rings (SSSR count). The van der Waals surface area contributed by atoms with Crippen LogP contribution in [-0.4, -0.2) is 35.4 Å². The second kappa shape index (κ2) is 7.92. The summed E-state index contributed by atoms with van der Waals surface area (Å²) < 4.78 is 5.67. The predicted octanol–water partition coefficient (Wildman–Crippen LogP) is 4.09. The van der Waals surface area contributed by atoms with Gasteiger partial charge in [-0.2, -0.15) is 0 Å². The molecular weight excluding hydrogens is 338 g/mol. The number of para-hydroxylation sites is 1. The summed E-state index contributed by atoms with van der Waals surface area (Å²) in [6.45, 7) is 4.53. The van der Waals surface area contributed by atoms with Crippen molar-refractivity contribution in [3.05, 3.63) is 65.7 Å². The lowest BCUT2D eigenvalue weighted by molar-refractivity contribution is 0.0915. The van der Waals surface area contributed by atoms with Gasteiger partial charge in [0.05, 0.1) is 23.4 Å². The van der Waals surface area contributed by atoms with Crippen LogP contribution in [0.2, 0.25) is 0 Å². The molecule has 0 radical (unpaired) electrons. The molecule has 3 heterocycles. The van der Waals surface area contributed by atoms with Gasteiger partial charge >= 0.3 is 0 Å². The van der Waals surface area contributed by atoms with E-state index in [2.05, 4.69) is 15.2 Å². The Hall–Kier alpha value is -2.66. The summed E-state index contributed by atoms with van der Waals surface area (Å²) in [7, 11) is 0. The molecule has 0 bridgehead atoms. The zero-order valence-corrected chi connectivity index (χ0v) is 15.6. The van der Waals surface area contributed by atoms with E-state index in [1.807, 2.05) is 49.4 Å². The lowest BCUT2D eigenvalue weighted by Gasteiger charge is -2.33. The number of hydrogen-bond donors (Lipinski definition) is 1. The standard InChI is InChI=1S/C22H25N3O2/c1-16-14-18(17-8-3-4-9-19(17)24-16)22(26)23-15-20(21-10-7-13-27-21)25-11-5-2-6-12-25/h3-4,7-10,13-14,20H,2,5-6,11-12,15H2,1H3,(H,23,26)/t20-/m0/s1. The van der Waals surface area contributed by atoms with E-state index in [-0.39, 0.29) is 11.9 Å². The van der Waals surface area contributed by atoms with Crippen LogP contribution in [0.4, 0.5) is 0 Å². The van der Waals surface area contributed by atoms with Crippen LogP contribution in [0.1, 0.15) is 47.1 Å². The number of rotatable bonds is 5. The monoisotopic (exact) mass is 363 g/mol. The quantitative estimate of drug-likeness (QED) is 0.742. The molecule has 0 saturated carbocycles. The van der Waals surface area contributed by atoms with Crippen LogP contribution >= 0.6 is 0 Å². The van der Waals surface area contributed by atoms with Gasteiger partial charge in [0.15, 0.2) is 0 Å². The van der Waals surface area contributed by atoms with E-state index < -0.39 is 0 Å². The summed E-state index contributed by atoms with van der Waals surface area (Å²) >= 11 is 0. The summed E-state index contributed by atoms with van der Waals surface area (Å²) in [6, 6.07) is 13.6. The predicted molar refractivity (Wildman–Crippen MR) is 106 cm³/mol. The van der Waals surface area contributed by atoms with Crippen molar-refractivity contribution >= 4 is 16.8 Å². The van der Waals surface area contributed by atoms with E-state index in [0.717, 1.165) is 35.4 Å². The number of furan rings is 1. The minimum Gasteiger partial charge on any atom is -0.468 e. The van der Waals surface area contributed by atoms with Gasteiger partial charge in [0.2, 0.25) is 0 Å². The van der Waals surface area contributed by atoms with Crippen LogP contribution in [0.15, 0.2) is 53.1 Å². The average molecular weight is 363 g/mol. The van der Waals surface area contributed by atoms with Gasteiger partial charge in [-0.25, -0.2) is 0 Å². The number of fused-ring (bicyclic) bond motifs is 1. The number of carbonyl (C=O) groups is 1. The molecule has 1 N–H and O–H groups in total. The Morgan fingerprint density at radius 3 is 2.78 bits per heavy atom. The molecular formula is C22H25N3O2. The highest BCUT2D eigenvalue weighted by Gasteiger charge is 2.25. The summed E-state index contributed by atoms with van der Waals surface area (Å²) in [5, 5.41) is 4.02. The Bertz CT molecular complexity index is 914. The maximum atomic E-state index is 13.0. The zero-order valence-electron chi connectivity index (χ0n) is 15.6. The first kappa shape index (κ1) is 17.7. The molecule has 2 aromatic heterocycles. The summed E-state index contributed by atoms with van der Waals surface area (Å²) in [5.74, 6) is 0.846. The third-order valence-electron chi connectivity index (χ3n) is 5.25.